The molecule has 1 heterocycles. The van der Waals surface area contributed by atoms with E-state index < -0.39 is 0 Å². The molecular weight excluding hydrogens is 252 g/mol. The standard InChI is InChI=1S/C11H18N4O2S/c1-8-6-9(15-11(12)13-8)14-10(16)7-18-5-3-4-17-2/h6H,3-5,7H2,1-2H3,(H3,12,13,14,15,16). The van der Waals surface area contributed by atoms with Gasteiger partial charge in [0.05, 0.1) is 5.75 Å². The van der Waals surface area contributed by atoms with Gasteiger partial charge in [-0.25, -0.2) is 4.98 Å². The molecule has 1 rings (SSSR count). The predicted molar refractivity (Wildman–Crippen MR) is 73.6 cm³/mol. The minimum atomic E-state index is -0.0880. The first kappa shape index (κ1) is 14.7. The summed E-state index contributed by atoms with van der Waals surface area (Å²) >= 11 is 1.56. The number of nitrogens with two attached hydrogens (primary N) is 1. The molecule has 0 bridgehead atoms. The van der Waals surface area contributed by atoms with Crippen LogP contribution in [0.3, 0.4) is 0 Å². The lowest BCUT2D eigenvalue weighted by molar-refractivity contribution is -0.113. The van der Waals surface area contributed by atoms with Crippen molar-refractivity contribution in [2.45, 2.75) is 13.3 Å². The monoisotopic (exact) mass is 270 g/mol. The van der Waals surface area contributed by atoms with Gasteiger partial charge < -0.3 is 15.8 Å². The second-order valence-corrected chi connectivity index (χ2v) is 4.81. The molecule has 100 valence electrons. The van der Waals surface area contributed by atoms with Crippen LogP contribution in [-0.2, 0) is 9.53 Å². The number of methoxy groups -OCH3 is 1. The molecule has 0 fully saturated rings. The highest BCUT2D eigenvalue weighted by atomic mass is 32.2. The molecule has 0 unspecified atom stereocenters. The van der Waals surface area contributed by atoms with Gasteiger partial charge in [-0.2, -0.15) is 16.7 Å². The molecular formula is C11H18N4O2S. The Hall–Kier alpha value is -1.34. The molecule has 3 N–H and O–H groups in total. The Morgan fingerprint density at radius 1 is 1.56 bits per heavy atom. The van der Waals surface area contributed by atoms with Gasteiger partial charge in [-0.1, -0.05) is 0 Å². The van der Waals surface area contributed by atoms with Crippen LogP contribution >= 0.6 is 11.8 Å². The quantitative estimate of drug-likeness (QED) is 0.720. The van der Waals surface area contributed by atoms with Crippen molar-refractivity contribution < 1.29 is 9.53 Å². The van der Waals surface area contributed by atoms with E-state index in [2.05, 4.69) is 15.3 Å². The number of anilines is 2. The summed E-state index contributed by atoms with van der Waals surface area (Å²) in [5, 5.41) is 2.69. The molecule has 0 aliphatic rings. The molecule has 6 nitrogen and oxygen atoms in total. The molecule has 0 radical (unpaired) electrons. The van der Waals surface area contributed by atoms with E-state index in [1.54, 1.807) is 31.9 Å². The van der Waals surface area contributed by atoms with E-state index in [4.69, 9.17) is 10.5 Å². The van der Waals surface area contributed by atoms with Gasteiger partial charge in [0.1, 0.15) is 5.82 Å². The largest absolute Gasteiger partial charge is 0.385 e. The van der Waals surface area contributed by atoms with Crippen molar-refractivity contribution in [3.8, 4) is 0 Å². The highest BCUT2D eigenvalue weighted by Crippen LogP contribution is 2.09. The van der Waals surface area contributed by atoms with Gasteiger partial charge in [0.25, 0.3) is 0 Å². The van der Waals surface area contributed by atoms with E-state index >= 15 is 0 Å². The van der Waals surface area contributed by atoms with Gasteiger partial charge in [-0.15, -0.1) is 0 Å². The first-order valence-corrected chi connectivity index (χ1v) is 6.75. The van der Waals surface area contributed by atoms with Crippen LogP contribution in [0.25, 0.3) is 0 Å². The molecule has 1 amide bonds. The number of hydrogen-bond acceptors (Lipinski definition) is 6. The number of nitrogen functional groups attached to an aromatic ring is 1. The van der Waals surface area contributed by atoms with Crippen molar-refractivity contribution >= 4 is 29.4 Å². The lowest BCUT2D eigenvalue weighted by Crippen LogP contribution is -2.16. The highest BCUT2D eigenvalue weighted by molar-refractivity contribution is 7.99. The van der Waals surface area contributed by atoms with Crippen LogP contribution < -0.4 is 11.1 Å². The van der Waals surface area contributed by atoms with Crippen LogP contribution in [0.1, 0.15) is 12.1 Å². The van der Waals surface area contributed by atoms with E-state index in [9.17, 15) is 4.79 Å². The summed E-state index contributed by atoms with van der Waals surface area (Å²) in [5.41, 5.74) is 6.22. The molecule has 7 heteroatoms. The highest BCUT2D eigenvalue weighted by Gasteiger charge is 2.05. The van der Waals surface area contributed by atoms with Gasteiger partial charge in [0.2, 0.25) is 11.9 Å². The molecule has 0 aromatic carbocycles. The minimum Gasteiger partial charge on any atom is -0.385 e. The summed E-state index contributed by atoms with van der Waals surface area (Å²) in [6.07, 6.45) is 0.939. The molecule has 1 aromatic heterocycles. The summed E-state index contributed by atoms with van der Waals surface area (Å²) < 4.78 is 4.93. The van der Waals surface area contributed by atoms with Crippen LogP contribution in [0.4, 0.5) is 11.8 Å². The van der Waals surface area contributed by atoms with Crippen molar-refractivity contribution in [3.63, 3.8) is 0 Å². The van der Waals surface area contributed by atoms with Crippen molar-refractivity contribution in [2.24, 2.45) is 0 Å². The number of hydrogen-bond donors (Lipinski definition) is 2. The third-order valence-corrected chi connectivity index (χ3v) is 3.05. The summed E-state index contributed by atoms with van der Waals surface area (Å²) in [5.74, 6) is 1.81. The SMILES string of the molecule is COCCCSCC(=O)Nc1cc(C)nc(N)n1. The lowest BCUT2D eigenvalue weighted by Gasteiger charge is -2.05. The zero-order valence-electron chi connectivity index (χ0n) is 10.6. The number of aryl methyl sites for hydroxylation is 1. The summed E-state index contributed by atoms with van der Waals surface area (Å²) in [4.78, 5) is 19.5. The van der Waals surface area contributed by atoms with Crippen molar-refractivity contribution in [1.82, 2.24) is 9.97 Å². The lowest BCUT2D eigenvalue weighted by atomic mass is 10.4. The zero-order valence-corrected chi connectivity index (χ0v) is 11.4. The van der Waals surface area contributed by atoms with Gasteiger partial charge in [-0.3, -0.25) is 4.79 Å². The van der Waals surface area contributed by atoms with Crippen LogP contribution in [-0.4, -0.2) is 41.1 Å². The van der Waals surface area contributed by atoms with Crippen molar-refractivity contribution in [3.05, 3.63) is 11.8 Å². The van der Waals surface area contributed by atoms with E-state index in [0.717, 1.165) is 24.5 Å². The second kappa shape index (κ2) is 7.88. The Labute approximate surface area is 111 Å². The number of aromatic nitrogens is 2. The topological polar surface area (TPSA) is 90.1 Å². The van der Waals surface area contributed by atoms with Crippen LogP contribution in [0, 0.1) is 6.92 Å². The van der Waals surface area contributed by atoms with Crippen LogP contribution in [0.5, 0.6) is 0 Å². The number of ether oxygens (including phenoxy) is 1. The zero-order chi connectivity index (χ0) is 13.4. The first-order valence-electron chi connectivity index (χ1n) is 5.59. The van der Waals surface area contributed by atoms with Crippen molar-refractivity contribution in [1.29, 1.82) is 0 Å². The number of nitrogens with zero attached hydrogens (tertiary/aromatic N) is 2. The molecule has 0 saturated heterocycles. The van der Waals surface area contributed by atoms with E-state index in [1.807, 2.05) is 0 Å². The second-order valence-electron chi connectivity index (χ2n) is 3.70. The Morgan fingerprint density at radius 3 is 3.00 bits per heavy atom. The number of carbonyl (C=O) groups excluding carboxylic acids is 1. The summed E-state index contributed by atoms with van der Waals surface area (Å²) in [7, 11) is 1.67. The van der Waals surface area contributed by atoms with Gasteiger partial charge >= 0.3 is 0 Å². The third-order valence-electron chi connectivity index (χ3n) is 2.01. The van der Waals surface area contributed by atoms with Crippen LogP contribution in [0.2, 0.25) is 0 Å². The predicted octanol–water partition coefficient (Wildman–Crippen LogP) is 1.08. The number of nitrogens with one attached hydrogen (secondary N) is 1. The maximum atomic E-state index is 11.6. The normalized spacial score (nSPS) is 10.3. The maximum Gasteiger partial charge on any atom is 0.235 e. The number of amides is 1. The fourth-order valence-corrected chi connectivity index (χ4v) is 2.03. The van der Waals surface area contributed by atoms with E-state index in [0.29, 0.717) is 11.6 Å². The molecule has 0 spiro atoms. The fourth-order valence-electron chi connectivity index (χ4n) is 1.30. The van der Waals surface area contributed by atoms with Gasteiger partial charge in [0.15, 0.2) is 0 Å². The molecule has 0 aliphatic carbocycles. The van der Waals surface area contributed by atoms with Gasteiger partial charge in [0, 0.05) is 25.5 Å². The number of rotatable bonds is 7. The average Bonchev–Trinajstić information content (AvgIpc) is 2.27. The average molecular weight is 270 g/mol. The summed E-state index contributed by atoms with van der Waals surface area (Å²) in [6, 6.07) is 1.68. The number of carbonyl (C=O) groups is 1. The molecule has 0 saturated carbocycles. The Kier molecular flexibility index (Phi) is 6.45. The Morgan fingerprint density at radius 2 is 2.33 bits per heavy atom. The molecule has 18 heavy (non-hydrogen) atoms. The smallest absolute Gasteiger partial charge is 0.235 e. The van der Waals surface area contributed by atoms with Gasteiger partial charge in [-0.05, 0) is 19.1 Å². The summed E-state index contributed by atoms with van der Waals surface area (Å²) in [6.45, 7) is 2.52. The van der Waals surface area contributed by atoms with Crippen molar-refractivity contribution in [2.75, 3.05) is 36.3 Å². The van der Waals surface area contributed by atoms with Crippen LogP contribution in [0.15, 0.2) is 6.07 Å². The third kappa shape index (κ3) is 5.83. The minimum absolute atomic E-state index is 0.0880. The maximum absolute atomic E-state index is 11.6. The van der Waals surface area contributed by atoms with E-state index in [1.165, 1.54) is 0 Å². The molecule has 1 aromatic rings. The number of thioether (sulfide) groups is 1. The first-order chi connectivity index (χ1) is 8.61. The molecule has 0 aliphatic heterocycles. The Balaban J connectivity index is 2.31. The Bertz CT molecular complexity index is 380. The molecule has 0 atom stereocenters. The fraction of sp³-hybridized carbons (Fsp3) is 0.545. The van der Waals surface area contributed by atoms with E-state index in [-0.39, 0.29) is 11.9 Å².